The predicted octanol–water partition coefficient (Wildman–Crippen LogP) is 4.86. The molecule has 1 N–H and O–H groups in total. The molecule has 0 fully saturated rings. The Morgan fingerprint density at radius 1 is 1.21 bits per heavy atom. The Morgan fingerprint density at radius 2 is 1.97 bits per heavy atom. The van der Waals surface area contributed by atoms with Crippen molar-refractivity contribution in [2.45, 2.75) is 58.6 Å². The van der Waals surface area contributed by atoms with Crippen LogP contribution in [-0.4, -0.2) is 41.6 Å². The molecule has 0 bridgehead atoms. The summed E-state index contributed by atoms with van der Waals surface area (Å²) in [6, 6.07) is 7.49. The third-order valence-electron chi connectivity index (χ3n) is 5.89. The zero-order valence-corrected chi connectivity index (χ0v) is 20.1. The largest absolute Gasteiger partial charge is 0.507 e. The average Bonchev–Trinajstić information content (AvgIpc) is 3.06. The zero-order valence-electron chi connectivity index (χ0n) is 20.1. The number of phenols is 1. The summed E-state index contributed by atoms with van der Waals surface area (Å²) < 4.78 is 16.9. The summed E-state index contributed by atoms with van der Waals surface area (Å²) in [7, 11) is 1.32. The van der Waals surface area contributed by atoms with Gasteiger partial charge >= 0.3 is 5.97 Å². The molecule has 2 heterocycles. The van der Waals surface area contributed by atoms with Gasteiger partial charge in [0.2, 0.25) is 0 Å². The Kier molecular flexibility index (Phi) is 5.72. The van der Waals surface area contributed by atoms with Gasteiger partial charge in [-0.25, -0.2) is 4.79 Å². The summed E-state index contributed by atoms with van der Waals surface area (Å²) >= 11 is 0. The van der Waals surface area contributed by atoms with Gasteiger partial charge < -0.3 is 19.3 Å². The van der Waals surface area contributed by atoms with E-state index in [1.54, 1.807) is 12.1 Å². The molecule has 174 valence electrons. The van der Waals surface area contributed by atoms with Crippen molar-refractivity contribution >= 4 is 17.8 Å². The number of carbonyl (C=O) groups is 1. The standard InChI is InChI=1S/C27H31NO5/c1-7-32-21-13-18-14-26(2,3)28-24(23(18)19-15-27(4,5)33-25(19)21)17-9-8-16(20(29)12-17)10-11-22(30)31-6/h8-13,29H,7,14-15H2,1-6H3. The molecule has 6 nitrogen and oxygen atoms in total. The number of aliphatic imine (C=N–C) groups is 1. The summed E-state index contributed by atoms with van der Waals surface area (Å²) in [5, 5.41) is 10.7. The van der Waals surface area contributed by atoms with E-state index in [-0.39, 0.29) is 16.9 Å². The maximum atomic E-state index is 11.4. The van der Waals surface area contributed by atoms with Gasteiger partial charge in [-0.2, -0.15) is 0 Å². The molecule has 2 aromatic rings. The van der Waals surface area contributed by atoms with Gasteiger partial charge in [-0.3, -0.25) is 4.99 Å². The van der Waals surface area contributed by atoms with E-state index in [9.17, 15) is 9.90 Å². The number of nitrogens with zero attached hydrogens (tertiary/aromatic N) is 1. The molecular weight excluding hydrogens is 418 g/mol. The van der Waals surface area contributed by atoms with E-state index >= 15 is 0 Å². The van der Waals surface area contributed by atoms with Crippen LogP contribution in [0.2, 0.25) is 0 Å². The van der Waals surface area contributed by atoms with E-state index in [0.29, 0.717) is 12.2 Å². The van der Waals surface area contributed by atoms with Crippen LogP contribution in [0.4, 0.5) is 0 Å². The van der Waals surface area contributed by atoms with Gasteiger partial charge in [0.05, 0.1) is 25.0 Å². The highest BCUT2D eigenvalue weighted by Crippen LogP contribution is 2.48. The van der Waals surface area contributed by atoms with Crippen LogP contribution < -0.4 is 9.47 Å². The molecule has 0 unspecified atom stereocenters. The first kappa shape index (κ1) is 22.9. The number of ether oxygens (including phenoxy) is 3. The molecule has 0 spiro atoms. The molecule has 6 heteroatoms. The molecular formula is C27H31NO5. The second-order valence-electron chi connectivity index (χ2n) is 9.77. The number of hydrogen-bond acceptors (Lipinski definition) is 6. The van der Waals surface area contributed by atoms with Crippen molar-refractivity contribution in [3.63, 3.8) is 0 Å². The number of esters is 1. The zero-order chi connectivity index (χ0) is 24.0. The SMILES string of the molecule is CCOc1cc2c(c3c1OC(C)(C)C3)C(c1ccc(C=CC(=O)OC)c(O)c1)=NC(C)(C)C2. The fraction of sp³-hybridized carbons (Fsp3) is 0.407. The molecule has 0 radical (unpaired) electrons. The normalized spacial score (nSPS) is 17.7. The Labute approximate surface area is 194 Å². The van der Waals surface area contributed by atoms with Crippen molar-refractivity contribution < 1.29 is 24.1 Å². The fourth-order valence-electron chi connectivity index (χ4n) is 4.60. The molecule has 2 aliphatic rings. The number of hydrogen-bond donors (Lipinski definition) is 1. The average molecular weight is 450 g/mol. The lowest BCUT2D eigenvalue weighted by molar-refractivity contribution is -0.134. The minimum absolute atomic E-state index is 0.0689. The van der Waals surface area contributed by atoms with Crippen LogP contribution in [0.25, 0.3) is 6.08 Å². The number of aromatic hydroxyl groups is 1. The molecule has 0 saturated heterocycles. The Bertz CT molecular complexity index is 1170. The summed E-state index contributed by atoms with van der Waals surface area (Å²) in [6.07, 6.45) is 4.35. The lowest BCUT2D eigenvalue weighted by Crippen LogP contribution is -2.30. The second-order valence-corrected chi connectivity index (χ2v) is 9.77. The maximum absolute atomic E-state index is 11.4. The second kappa shape index (κ2) is 8.25. The number of fused-ring (bicyclic) bond motifs is 3. The molecule has 2 aromatic carbocycles. The van der Waals surface area contributed by atoms with Gasteiger partial charge in [0.25, 0.3) is 0 Å². The topological polar surface area (TPSA) is 77.4 Å². The highest BCUT2D eigenvalue weighted by atomic mass is 16.5. The molecule has 0 saturated carbocycles. The van der Waals surface area contributed by atoms with E-state index in [1.165, 1.54) is 24.8 Å². The summed E-state index contributed by atoms with van der Waals surface area (Å²) in [6.45, 7) is 10.9. The van der Waals surface area contributed by atoms with Crippen molar-refractivity contribution in [2.24, 2.45) is 4.99 Å². The van der Waals surface area contributed by atoms with Gasteiger partial charge in [-0.05, 0) is 64.8 Å². The molecule has 4 rings (SSSR count). The van der Waals surface area contributed by atoms with Crippen molar-refractivity contribution in [1.82, 2.24) is 0 Å². The van der Waals surface area contributed by atoms with Gasteiger partial charge in [0, 0.05) is 34.8 Å². The number of benzene rings is 2. The third kappa shape index (κ3) is 4.47. The van der Waals surface area contributed by atoms with Crippen LogP contribution in [-0.2, 0) is 22.4 Å². The molecule has 0 amide bonds. The van der Waals surface area contributed by atoms with E-state index in [0.717, 1.165) is 46.7 Å². The van der Waals surface area contributed by atoms with E-state index < -0.39 is 5.97 Å². The first-order chi connectivity index (χ1) is 15.5. The molecule has 2 aliphatic heterocycles. The number of methoxy groups -OCH3 is 1. The smallest absolute Gasteiger partial charge is 0.330 e. The minimum atomic E-state index is -0.478. The number of phenolic OH excluding ortho intramolecular Hbond substituents is 1. The molecule has 33 heavy (non-hydrogen) atoms. The maximum Gasteiger partial charge on any atom is 0.330 e. The lowest BCUT2D eigenvalue weighted by Gasteiger charge is -2.31. The highest BCUT2D eigenvalue weighted by molar-refractivity contribution is 6.16. The van der Waals surface area contributed by atoms with Gasteiger partial charge in [0.1, 0.15) is 11.4 Å². The first-order valence-corrected chi connectivity index (χ1v) is 11.2. The highest BCUT2D eigenvalue weighted by Gasteiger charge is 2.39. The van der Waals surface area contributed by atoms with Crippen LogP contribution in [0.5, 0.6) is 17.2 Å². The van der Waals surface area contributed by atoms with Crippen molar-refractivity contribution in [2.75, 3.05) is 13.7 Å². The predicted molar refractivity (Wildman–Crippen MR) is 129 cm³/mol. The quantitative estimate of drug-likeness (QED) is 0.521. The molecule has 0 atom stereocenters. The molecule has 0 aliphatic carbocycles. The number of rotatable bonds is 5. The molecule has 0 aromatic heterocycles. The van der Waals surface area contributed by atoms with Crippen LogP contribution in [0, 0.1) is 0 Å². The fourth-order valence-corrected chi connectivity index (χ4v) is 4.60. The van der Waals surface area contributed by atoms with Gasteiger partial charge in [0.15, 0.2) is 11.5 Å². The van der Waals surface area contributed by atoms with Gasteiger partial charge in [-0.15, -0.1) is 0 Å². The van der Waals surface area contributed by atoms with Crippen molar-refractivity contribution in [3.8, 4) is 17.2 Å². The van der Waals surface area contributed by atoms with Crippen molar-refractivity contribution in [3.05, 3.63) is 58.2 Å². The van der Waals surface area contributed by atoms with Crippen LogP contribution in [0.1, 0.15) is 62.4 Å². The van der Waals surface area contributed by atoms with Gasteiger partial charge in [-0.1, -0.05) is 12.1 Å². The summed E-state index contributed by atoms with van der Waals surface area (Å²) in [4.78, 5) is 16.5. The lowest BCUT2D eigenvalue weighted by atomic mass is 9.81. The first-order valence-electron chi connectivity index (χ1n) is 11.2. The summed E-state index contributed by atoms with van der Waals surface area (Å²) in [5.41, 5.74) is 4.86. The van der Waals surface area contributed by atoms with E-state index in [2.05, 4.69) is 38.5 Å². The Balaban J connectivity index is 1.86. The summed E-state index contributed by atoms with van der Waals surface area (Å²) in [5.74, 6) is 1.16. The van der Waals surface area contributed by atoms with E-state index in [4.69, 9.17) is 14.5 Å². The van der Waals surface area contributed by atoms with Crippen LogP contribution >= 0.6 is 0 Å². The van der Waals surface area contributed by atoms with Crippen molar-refractivity contribution in [1.29, 1.82) is 0 Å². The Hall–Kier alpha value is -3.28. The van der Waals surface area contributed by atoms with Crippen LogP contribution in [0.15, 0.2) is 35.3 Å². The Morgan fingerprint density at radius 3 is 2.64 bits per heavy atom. The van der Waals surface area contributed by atoms with E-state index in [1.807, 2.05) is 13.0 Å². The third-order valence-corrected chi connectivity index (χ3v) is 5.89. The van der Waals surface area contributed by atoms with Crippen LogP contribution in [0.3, 0.4) is 0 Å². The minimum Gasteiger partial charge on any atom is -0.507 e. The monoisotopic (exact) mass is 449 g/mol. The number of carbonyl (C=O) groups excluding carboxylic acids is 1.